The zero-order chi connectivity index (χ0) is 18.4. The van der Waals surface area contributed by atoms with Crippen LogP contribution in [0.25, 0.3) is 0 Å². The van der Waals surface area contributed by atoms with Crippen LogP contribution in [-0.4, -0.2) is 77.6 Å². The summed E-state index contributed by atoms with van der Waals surface area (Å²) >= 11 is 1.93. The maximum atomic E-state index is 5.97. The minimum absolute atomic E-state index is 0.0406. The fourth-order valence-electron chi connectivity index (χ4n) is 3.46. The number of aromatic nitrogens is 2. The van der Waals surface area contributed by atoms with Crippen molar-refractivity contribution in [1.29, 1.82) is 0 Å². The lowest BCUT2D eigenvalue weighted by Crippen LogP contribution is -2.49. The summed E-state index contributed by atoms with van der Waals surface area (Å²) < 4.78 is 13.5. The first kappa shape index (κ1) is 19.5. The molecule has 1 N–H and O–H groups in total. The molecule has 0 spiro atoms. The van der Waals surface area contributed by atoms with Gasteiger partial charge in [-0.3, -0.25) is 9.67 Å². The van der Waals surface area contributed by atoms with Crippen molar-refractivity contribution in [2.45, 2.75) is 30.6 Å². The molecule has 26 heavy (non-hydrogen) atoms. The van der Waals surface area contributed by atoms with Crippen LogP contribution in [0, 0.1) is 0 Å². The Morgan fingerprint density at radius 1 is 1.42 bits per heavy atom. The number of guanidine groups is 1. The number of hydrogen-bond acceptors (Lipinski definition) is 5. The van der Waals surface area contributed by atoms with Crippen molar-refractivity contribution in [2.75, 3.05) is 52.3 Å². The summed E-state index contributed by atoms with van der Waals surface area (Å²) in [5, 5.41) is 7.74. The van der Waals surface area contributed by atoms with Gasteiger partial charge in [-0.1, -0.05) is 0 Å². The average molecular weight is 382 g/mol. The van der Waals surface area contributed by atoms with Crippen molar-refractivity contribution in [3.05, 3.63) is 18.0 Å². The molecule has 0 saturated carbocycles. The van der Waals surface area contributed by atoms with Crippen molar-refractivity contribution in [2.24, 2.45) is 12.0 Å². The maximum absolute atomic E-state index is 5.97. The molecule has 0 aromatic carbocycles. The molecule has 7 nitrogen and oxygen atoms in total. The van der Waals surface area contributed by atoms with Crippen molar-refractivity contribution in [3.63, 3.8) is 0 Å². The molecule has 0 amide bonds. The minimum Gasteiger partial charge on any atom is -0.381 e. The van der Waals surface area contributed by atoms with Crippen LogP contribution in [0.2, 0.25) is 0 Å². The van der Waals surface area contributed by atoms with E-state index in [4.69, 9.17) is 14.5 Å². The third-order valence-electron chi connectivity index (χ3n) is 5.15. The van der Waals surface area contributed by atoms with E-state index in [0.717, 1.165) is 63.8 Å². The first-order valence-corrected chi connectivity index (χ1v) is 10.6. The quantitative estimate of drug-likeness (QED) is 0.618. The smallest absolute Gasteiger partial charge is 0.194 e. The van der Waals surface area contributed by atoms with Crippen molar-refractivity contribution in [1.82, 2.24) is 20.0 Å². The Kier molecular flexibility index (Phi) is 6.83. The van der Waals surface area contributed by atoms with E-state index in [0.29, 0.717) is 6.61 Å². The molecule has 0 bridgehead atoms. The molecule has 8 heteroatoms. The third-order valence-corrected chi connectivity index (χ3v) is 6.55. The first-order chi connectivity index (χ1) is 12.7. The van der Waals surface area contributed by atoms with Crippen LogP contribution in [0.15, 0.2) is 17.4 Å². The van der Waals surface area contributed by atoms with E-state index in [-0.39, 0.29) is 10.9 Å². The molecular formula is C18H31N5O2S. The van der Waals surface area contributed by atoms with E-state index in [1.165, 1.54) is 0 Å². The van der Waals surface area contributed by atoms with Crippen molar-refractivity contribution >= 4 is 17.7 Å². The number of aryl methyl sites for hydroxylation is 1. The van der Waals surface area contributed by atoms with E-state index in [1.807, 2.05) is 35.9 Å². The fraction of sp³-hybridized carbons (Fsp3) is 0.778. The Morgan fingerprint density at radius 2 is 2.23 bits per heavy atom. The second-order valence-electron chi connectivity index (χ2n) is 6.92. The molecule has 1 aromatic rings. The lowest BCUT2D eigenvalue weighted by Gasteiger charge is -2.37. The Balaban J connectivity index is 1.69. The van der Waals surface area contributed by atoms with Gasteiger partial charge in [-0.2, -0.15) is 16.9 Å². The van der Waals surface area contributed by atoms with Gasteiger partial charge < -0.3 is 19.7 Å². The van der Waals surface area contributed by atoms with Gasteiger partial charge >= 0.3 is 0 Å². The van der Waals surface area contributed by atoms with Crippen LogP contribution in [0.3, 0.4) is 0 Å². The van der Waals surface area contributed by atoms with E-state index in [2.05, 4.69) is 28.5 Å². The number of ether oxygens (including phenoxy) is 2. The number of aliphatic imine (C=N–C) groups is 1. The molecule has 1 aromatic heterocycles. The van der Waals surface area contributed by atoms with E-state index in [1.54, 1.807) is 0 Å². The predicted molar refractivity (Wildman–Crippen MR) is 106 cm³/mol. The van der Waals surface area contributed by atoms with Gasteiger partial charge in [0.2, 0.25) is 0 Å². The van der Waals surface area contributed by atoms with Gasteiger partial charge in [-0.25, -0.2) is 0 Å². The highest BCUT2D eigenvalue weighted by Gasteiger charge is 2.32. The van der Waals surface area contributed by atoms with Crippen molar-refractivity contribution < 1.29 is 9.47 Å². The highest BCUT2D eigenvalue weighted by Crippen LogP contribution is 2.34. The third kappa shape index (κ3) is 4.72. The van der Waals surface area contributed by atoms with E-state index >= 15 is 0 Å². The SMILES string of the molecule is CCNC(=NCC1(SC)CCOCC1)N1CCOC(c2cnn(C)c2)C1. The van der Waals surface area contributed by atoms with Crippen molar-refractivity contribution in [3.8, 4) is 0 Å². The fourth-order valence-corrected chi connectivity index (χ4v) is 4.23. The number of nitrogens with one attached hydrogen (secondary N) is 1. The van der Waals surface area contributed by atoms with E-state index < -0.39 is 0 Å². The monoisotopic (exact) mass is 381 g/mol. The molecule has 0 radical (unpaired) electrons. The highest BCUT2D eigenvalue weighted by molar-refractivity contribution is 8.00. The Hall–Kier alpha value is -1.25. The minimum atomic E-state index is 0.0406. The molecule has 3 rings (SSSR count). The molecule has 146 valence electrons. The van der Waals surface area contributed by atoms with Crippen LogP contribution in [0.5, 0.6) is 0 Å². The topological polar surface area (TPSA) is 63.9 Å². The van der Waals surface area contributed by atoms with Gasteiger partial charge in [0.1, 0.15) is 6.10 Å². The zero-order valence-corrected chi connectivity index (χ0v) is 16.9. The molecule has 1 unspecified atom stereocenters. The number of hydrogen-bond donors (Lipinski definition) is 1. The molecule has 2 fully saturated rings. The van der Waals surface area contributed by atoms with Gasteiger partial charge in [-0.05, 0) is 26.0 Å². The second kappa shape index (κ2) is 9.10. The Labute approximate surface area is 160 Å². The largest absolute Gasteiger partial charge is 0.381 e. The predicted octanol–water partition coefficient (Wildman–Crippen LogP) is 1.67. The van der Waals surface area contributed by atoms with Crippen LogP contribution >= 0.6 is 11.8 Å². The Morgan fingerprint density at radius 3 is 2.88 bits per heavy atom. The molecule has 1 atom stereocenters. The number of nitrogens with zero attached hydrogens (tertiary/aromatic N) is 4. The van der Waals surface area contributed by atoms with Gasteiger partial charge in [-0.15, -0.1) is 0 Å². The number of morpholine rings is 1. The Bertz CT molecular complexity index is 600. The van der Waals surface area contributed by atoms with Gasteiger partial charge in [0.25, 0.3) is 0 Å². The highest BCUT2D eigenvalue weighted by atomic mass is 32.2. The van der Waals surface area contributed by atoms with Gasteiger partial charge in [0.15, 0.2) is 5.96 Å². The summed E-state index contributed by atoms with van der Waals surface area (Å²) in [6.45, 7) is 7.85. The lowest BCUT2D eigenvalue weighted by atomic mass is 9.99. The summed E-state index contributed by atoms with van der Waals surface area (Å²) in [6, 6.07) is 0. The molecular weight excluding hydrogens is 350 g/mol. The number of rotatable bonds is 5. The molecule has 0 aliphatic carbocycles. The average Bonchev–Trinajstić information content (AvgIpc) is 3.12. The van der Waals surface area contributed by atoms with Gasteiger partial charge in [0, 0.05) is 49.9 Å². The molecule has 2 saturated heterocycles. The second-order valence-corrected chi connectivity index (χ2v) is 8.20. The normalized spacial score (nSPS) is 23.9. The number of thioether (sulfide) groups is 1. The summed E-state index contributed by atoms with van der Waals surface area (Å²) in [5.41, 5.74) is 1.12. The molecule has 2 aliphatic rings. The van der Waals surface area contributed by atoms with Gasteiger partial charge in [0.05, 0.1) is 25.9 Å². The zero-order valence-electron chi connectivity index (χ0n) is 16.1. The summed E-state index contributed by atoms with van der Waals surface area (Å²) in [7, 11) is 1.94. The molecule has 2 aliphatic heterocycles. The standard InChI is InChI=1S/C18H31N5O2S/c1-4-19-17(20-14-18(26-3)5-8-24-9-6-18)23-7-10-25-16(13-23)15-11-21-22(2)12-15/h11-12,16H,4-10,13-14H2,1-3H3,(H,19,20). The molecule has 3 heterocycles. The summed E-state index contributed by atoms with van der Waals surface area (Å²) in [5.74, 6) is 0.990. The summed E-state index contributed by atoms with van der Waals surface area (Å²) in [4.78, 5) is 7.33. The van der Waals surface area contributed by atoms with Crippen LogP contribution in [0.4, 0.5) is 0 Å². The van der Waals surface area contributed by atoms with Crippen LogP contribution in [0.1, 0.15) is 31.4 Å². The lowest BCUT2D eigenvalue weighted by molar-refractivity contribution is -0.00808. The van der Waals surface area contributed by atoms with Crippen LogP contribution < -0.4 is 5.32 Å². The van der Waals surface area contributed by atoms with E-state index in [9.17, 15) is 0 Å². The maximum Gasteiger partial charge on any atom is 0.194 e. The first-order valence-electron chi connectivity index (χ1n) is 9.42. The van der Waals surface area contributed by atoms with Crippen LogP contribution in [-0.2, 0) is 16.5 Å². The summed E-state index contributed by atoms with van der Waals surface area (Å²) in [6.07, 6.45) is 8.29.